The first-order chi connectivity index (χ1) is 26.0. The highest BCUT2D eigenvalue weighted by Gasteiger charge is 2.36. The third-order valence-electron chi connectivity index (χ3n) is 10.4. The van der Waals surface area contributed by atoms with Gasteiger partial charge in [0.1, 0.15) is 0 Å². The van der Waals surface area contributed by atoms with Crippen LogP contribution in [-0.4, -0.2) is 15.0 Å². The Labute approximate surface area is 310 Å². The van der Waals surface area contributed by atoms with Gasteiger partial charge in [-0.2, -0.15) is 0 Å². The van der Waals surface area contributed by atoms with E-state index < -0.39 is 0 Å². The van der Waals surface area contributed by atoms with Crippen molar-refractivity contribution in [3.8, 4) is 78.7 Å². The van der Waals surface area contributed by atoms with Gasteiger partial charge in [0.2, 0.25) is 0 Å². The molecular weight excluding hydrogens is 645 g/mol. The Balaban J connectivity index is 1.15. The van der Waals surface area contributed by atoms with Crippen LogP contribution in [0.3, 0.4) is 0 Å². The lowest BCUT2D eigenvalue weighted by atomic mass is 9.82. The molecule has 0 atom stereocenters. The van der Waals surface area contributed by atoms with Gasteiger partial charge in [0.05, 0.1) is 6.57 Å². The Morgan fingerprint density at radius 3 is 1.64 bits per heavy atom. The molecule has 53 heavy (non-hydrogen) atoms. The Morgan fingerprint density at radius 1 is 0.396 bits per heavy atom. The Hall–Kier alpha value is -6.96. The minimum Gasteiger partial charge on any atom is -0.238 e. The molecule has 9 rings (SSSR count). The molecule has 0 fully saturated rings. The molecule has 0 spiro atoms. The Morgan fingerprint density at radius 2 is 0.925 bits per heavy atom. The van der Waals surface area contributed by atoms with Gasteiger partial charge >= 0.3 is 0 Å². The summed E-state index contributed by atoms with van der Waals surface area (Å²) in [6.07, 6.45) is 0. The highest BCUT2D eigenvalue weighted by Crippen LogP contribution is 2.53. The first kappa shape index (κ1) is 32.0. The van der Waals surface area contributed by atoms with Crippen LogP contribution in [0.1, 0.15) is 25.0 Å². The van der Waals surface area contributed by atoms with E-state index in [2.05, 4.69) is 140 Å². The van der Waals surface area contributed by atoms with E-state index in [0.29, 0.717) is 23.2 Å². The fourth-order valence-corrected chi connectivity index (χ4v) is 7.70. The topological polar surface area (TPSA) is 43.0 Å². The maximum atomic E-state index is 7.68. The van der Waals surface area contributed by atoms with Crippen molar-refractivity contribution < 1.29 is 0 Å². The summed E-state index contributed by atoms with van der Waals surface area (Å²) < 4.78 is 0. The van der Waals surface area contributed by atoms with E-state index in [4.69, 9.17) is 21.5 Å². The average molecular weight is 679 g/mol. The number of nitrogens with zero attached hydrogens (tertiary/aromatic N) is 4. The van der Waals surface area contributed by atoms with Crippen molar-refractivity contribution in [1.82, 2.24) is 15.0 Å². The summed E-state index contributed by atoms with van der Waals surface area (Å²) in [5, 5.41) is 0. The van der Waals surface area contributed by atoms with Gasteiger partial charge in [0.25, 0.3) is 0 Å². The van der Waals surface area contributed by atoms with Crippen LogP contribution in [0, 0.1) is 6.57 Å². The van der Waals surface area contributed by atoms with Gasteiger partial charge in [-0.3, -0.25) is 0 Å². The third-order valence-corrected chi connectivity index (χ3v) is 10.4. The molecular formula is C49H34N4. The van der Waals surface area contributed by atoms with Crippen LogP contribution < -0.4 is 0 Å². The summed E-state index contributed by atoms with van der Waals surface area (Å²) in [4.78, 5) is 19.0. The van der Waals surface area contributed by atoms with E-state index in [-0.39, 0.29) is 5.41 Å². The first-order valence-electron chi connectivity index (χ1n) is 17.8. The molecule has 250 valence electrons. The minimum absolute atomic E-state index is 0.156. The monoisotopic (exact) mass is 678 g/mol. The van der Waals surface area contributed by atoms with E-state index in [9.17, 15) is 0 Å². The lowest BCUT2D eigenvalue weighted by Gasteiger charge is -2.21. The zero-order chi connectivity index (χ0) is 35.9. The molecule has 0 unspecified atom stereocenters. The fraction of sp³-hybridized carbons (Fsp3) is 0.0612. The number of rotatable bonds is 6. The van der Waals surface area contributed by atoms with Crippen LogP contribution in [0.4, 0.5) is 5.69 Å². The largest absolute Gasteiger partial charge is 0.238 e. The van der Waals surface area contributed by atoms with E-state index >= 15 is 0 Å². The van der Waals surface area contributed by atoms with Crippen LogP contribution in [0.15, 0.2) is 170 Å². The minimum atomic E-state index is -0.156. The fourth-order valence-electron chi connectivity index (χ4n) is 7.70. The van der Waals surface area contributed by atoms with Gasteiger partial charge in [0, 0.05) is 22.1 Å². The van der Waals surface area contributed by atoms with Crippen LogP contribution in [0.5, 0.6) is 0 Å². The van der Waals surface area contributed by atoms with Gasteiger partial charge in [-0.1, -0.05) is 166 Å². The molecule has 0 saturated heterocycles. The summed E-state index contributed by atoms with van der Waals surface area (Å²) in [6, 6.07) is 58.7. The van der Waals surface area contributed by atoms with Crippen molar-refractivity contribution in [3.05, 3.63) is 192 Å². The van der Waals surface area contributed by atoms with Crippen LogP contribution in [0.2, 0.25) is 0 Å². The zero-order valence-corrected chi connectivity index (χ0v) is 29.5. The van der Waals surface area contributed by atoms with E-state index in [1.165, 1.54) is 22.3 Å². The second-order valence-corrected chi connectivity index (χ2v) is 13.9. The van der Waals surface area contributed by atoms with Crippen molar-refractivity contribution in [1.29, 1.82) is 0 Å². The molecule has 1 aliphatic rings. The van der Waals surface area contributed by atoms with Crippen molar-refractivity contribution in [2.24, 2.45) is 0 Å². The van der Waals surface area contributed by atoms with Crippen molar-refractivity contribution in [3.63, 3.8) is 0 Å². The normalized spacial score (nSPS) is 12.5. The molecule has 0 aliphatic heterocycles. The molecule has 0 radical (unpaired) electrons. The number of hydrogen-bond acceptors (Lipinski definition) is 3. The molecule has 0 N–H and O–H groups in total. The average Bonchev–Trinajstić information content (AvgIpc) is 3.46. The Kier molecular flexibility index (Phi) is 7.83. The number of aromatic nitrogens is 3. The van der Waals surface area contributed by atoms with E-state index in [1.807, 2.05) is 48.5 Å². The van der Waals surface area contributed by atoms with Gasteiger partial charge in [-0.05, 0) is 73.8 Å². The van der Waals surface area contributed by atoms with Crippen LogP contribution in [0.25, 0.3) is 83.5 Å². The highest BCUT2D eigenvalue weighted by atomic mass is 15.0. The summed E-state index contributed by atoms with van der Waals surface area (Å²) in [5.41, 5.74) is 14.8. The Bertz CT molecular complexity index is 2710. The van der Waals surface area contributed by atoms with Crippen molar-refractivity contribution >= 4 is 5.69 Å². The molecule has 0 bridgehead atoms. The standard InChI is InChI=1S/C49H34N4/c1-49(2)43-28-27-38(50-3)31-42(43)45-40(25-14-26-44(45)49)36-21-12-19-34(29-36)35-20-13-22-37(30-35)47-51-46(33-17-8-5-9-18-33)52-48(53-47)41-24-11-10-23-39(41)32-15-6-4-7-16-32/h4-31H,1-2H3. The van der Waals surface area contributed by atoms with Crippen molar-refractivity contribution in [2.75, 3.05) is 0 Å². The summed E-state index contributed by atoms with van der Waals surface area (Å²) in [7, 11) is 0. The second kappa shape index (κ2) is 13.0. The van der Waals surface area contributed by atoms with Gasteiger partial charge in [0.15, 0.2) is 23.2 Å². The number of hydrogen-bond donors (Lipinski definition) is 0. The highest BCUT2D eigenvalue weighted by molar-refractivity contribution is 5.94. The summed E-state index contributed by atoms with van der Waals surface area (Å²) >= 11 is 0. The lowest BCUT2D eigenvalue weighted by Crippen LogP contribution is -2.14. The SMILES string of the molecule is [C-]#[N+]c1ccc2c(c1)-c1c(-c3cccc(-c4cccc(-c5nc(-c6ccccc6)nc(-c6ccccc6-c6ccccc6)n5)c4)c3)cccc1C2(C)C. The molecule has 7 aromatic carbocycles. The molecule has 1 aliphatic carbocycles. The van der Waals surface area contributed by atoms with Gasteiger partial charge in [-0.25, -0.2) is 19.8 Å². The van der Waals surface area contributed by atoms with Gasteiger partial charge < -0.3 is 0 Å². The molecule has 1 heterocycles. The maximum absolute atomic E-state index is 7.68. The van der Waals surface area contributed by atoms with Crippen molar-refractivity contribution in [2.45, 2.75) is 19.3 Å². The second-order valence-electron chi connectivity index (χ2n) is 13.9. The number of fused-ring (bicyclic) bond motifs is 3. The van der Waals surface area contributed by atoms with Gasteiger partial charge in [-0.15, -0.1) is 0 Å². The molecule has 0 amide bonds. The lowest BCUT2D eigenvalue weighted by molar-refractivity contribution is 0.660. The zero-order valence-electron chi connectivity index (χ0n) is 29.5. The molecule has 1 aromatic heterocycles. The predicted octanol–water partition coefficient (Wildman–Crippen LogP) is 12.7. The molecule has 8 aromatic rings. The molecule has 4 heteroatoms. The quantitative estimate of drug-likeness (QED) is 0.164. The molecule has 4 nitrogen and oxygen atoms in total. The third kappa shape index (κ3) is 5.69. The first-order valence-corrected chi connectivity index (χ1v) is 17.8. The predicted molar refractivity (Wildman–Crippen MR) is 216 cm³/mol. The van der Waals surface area contributed by atoms with Crippen LogP contribution in [-0.2, 0) is 5.41 Å². The van der Waals surface area contributed by atoms with Crippen LogP contribution >= 0.6 is 0 Å². The maximum Gasteiger partial charge on any atom is 0.187 e. The summed E-state index contributed by atoms with van der Waals surface area (Å²) in [5.74, 6) is 1.87. The summed E-state index contributed by atoms with van der Waals surface area (Å²) in [6.45, 7) is 12.2. The van der Waals surface area contributed by atoms with E-state index in [1.54, 1.807) is 0 Å². The molecule has 0 saturated carbocycles. The smallest absolute Gasteiger partial charge is 0.187 e. The number of benzene rings is 7. The van der Waals surface area contributed by atoms with E-state index in [0.717, 1.165) is 50.1 Å².